The van der Waals surface area contributed by atoms with Gasteiger partial charge in [0.2, 0.25) is 0 Å². The van der Waals surface area contributed by atoms with E-state index in [1.807, 2.05) is 24.3 Å². The number of thiocarbonyl (C=S) groups is 1. The zero-order chi connectivity index (χ0) is 17.2. The molecule has 1 aromatic rings. The van der Waals surface area contributed by atoms with Crippen LogP contribution in [0.25, 0.3) is 0 Å². The molecule has 24 heavy (non-hydrogen) atoms. The summed E-state index contributed by atoms with van der Waals surface area (Å²) in [6, 6.07) is 8.43. The highest BCUT2D eigenvalue weighted by Gasteiger charge is 2.13. The average molecular weight is 348 g/mol. The zero-order valence-corrected chi connectivity index (χ0v) is 15.6. The smallest absolute Gasteiger partial charge is 0.187 e. The van der Waals surface area contributed by atoms with E-state index < -0.39 is 0 Å². The zero-order valence-electron chi connectivity index (χ0n) is 14.8. The van der Waals surface area contributed by atoms with Crippen molar-refractivity contribution in [3.63, 3.8) is 0 Å². The quantitative estimate of drug-likeness (QED) is 0.440. The Morgan fingerprint density at radius 1 is 1.25 bits per heavy atom. The Morgan fingerprint density at radius 3 is 2.62 bits per heavy atom. The summed E-state index contributed by atoms with van der Waals surface area (Å²) in [5.74, 6) is 1.56. The number of benzene rings is 1. The monoisotopic (exact) mass is 347 g/mol. The van der Waals surface area contributed by atoms with Crippen LogP contribution in [-0.4, -0.2) is 24.0 Å². The lowest BCUT2D eigenvalue weighted by atomic mass is 9.96. The fourth-order valence-corrected chi connectivity index (χ4v) is 2.91. The number of rotatable bonds is 7. The van der Waals surface area contributed by atoms with Crippen LogP contribution < -0.4 is 15.5 Å². The summed E-state index contributed by atoms with van der Waals surface area (Å²) in [6.45, 7) is 5.15. The van der Waals surface area contributed by atoms with E-state index in [0.29, 0.717) is 17.1 Å². The Balaban J connectivity index is 1.70. The molecule has 0 atom stereocenters. The van der Waals surface area contributed by atoms with Crippen molar-refractivity contribution in [2.24, 2.45) is 11.0 Å². The van der Waals surface area contributed by atoms with E-state index in [1.54, 1.807) is 6.21 Å². The van der Waals surface area contributed by atoms with Crippen LogP contribution in [0.15, 0.2) is 29.4 Å². The summed E-state index contributed by atoms with van der Waals surface area (Å²) in [7, 11) is 0. The minimum absolute atomic E-state index is 0.497. The van der Waals surface area contributed by atoms with Crippen LogP contribution in [0.4, 0.5) is 0 Å². The molecule has 0 radical (unpaired) electrons. The number of ether oxygens (including phenoxy) is 1. The lowest BCUT2D eigenvalue weighted by molar-refractivity contribution is 0.289. The first-order valence-corrected chi connectivity index (χ1v) is 9.37. The maximum atomic E-state index is 5.71. The van der Waals surface area contributed by atoms with Crippen LogP contribution in [-0.2, 0) is 0 Å². The van der Waals surface area contributed by atoms with Gasteiger partial charge in [-0.3, -0.25) is 5.43 Å². The molecular weight excluding hydrogens is 318 g/mol. The van der Waals surface area contributed by atoms with Crippen molar-refractivity contribution in [3.05, 3.63) is 29.8 Å². The Morgan fingerprint density at radius 2 is 1.96 bits per heavy atom. The van der Waals surface area contributed by atoms with Gasteiger partial charge in [0.1, 0.15) is 5.75 Å². The minimum Gasteiger partial charge on any atom is -0.494 e. The first kappa shape index (κ1) is 18.7. The van der Waals surface area contributed by atoms with Gasteiger partial charge in [-0.2, -0.15) is 5.10 Å². The second-order valence-corrected chi connectivity index (χ2v) is 7.19. The van der Waals surface area contributed by atoms with Crippen LogP contribution in [0, 0.1) is 5.92 Å². The highest BCUT2D eigenvalue weighted by Crippen LogP contribution is 2.17. The lowest BCUT2D eigenvalue weighted by Gasteiger charge is -2.23. The van der Waals surface area contributed by atoms with E-state index in [1.165, 1.54) is 32.1 Å². The van der Waals surface area contributed by atoms with Gasteiger partial charge in [-0.15, -0.1) is 0 Å². The molecule has 1 aliphatic carbocycles. The van der Waals surface area contributed by atoms with E-state index in [2.05, 4.69) is 29.7 Å². The molecule has 1 aromatic carbocycles. The Labute approximate surface area is 151 Å². The molecule has 2 N–H and O–H groups in total. The van der Waals surface area contributed by atoms with Crippen molar-refractivity contribution in [1.82, 2.24) is 10.7 Å². The van der Waals surface area contributed by atoms with Gasteiger partial charge >= 0.3 is 0 Å². The van der Waals surface area contributed by atoms with Crippen LogP contribution in [0.3, 0.4) is 0 Å². The number of hydrazone groups is 1. The van der Waals surface area contributed by atoms with Gasteiger partial charge in [-0.25, -0.2) is 0 Å². The fraction of sp³-hybridized carbons (Fsp3) is 0.579. The van der Waals surface area contributed by atoms with Crippen molar-refractivity contribution in [1.29, 1.82) is 0 Å². The van der Waals surface area contributed by atoms with Crippen LogP contribution >= 0.6 is 12.2 Å². The van der Waals surface area contributed by atoms with E-state index in [-0.39, 0.29) is 0 Å². The molecule has 0 aromatic heterocycles. The lowest BCUT2D eigenvalue weighted by Crippen LogP contribution is -2.40. The molecule has 0 unspecified atom stereocenters. The fourth-order valence-electron chi connectivity index (χ4n) is 2.69. The molecule has 132 valence electrons. The van der Waals surface area contributed by atoms with Gasteiger partial charge in [0, 0.05) is 6.04 Å². The summed E-state index contributed by atoms with van der Waals surface area (Å²) in [5.41, 5.74) is 3.91. The van der Waals surface area contributed by atoms with E-state index >= 15 is 0 Å². The predicted octanol–water partition coefficient (Wildman–Crippen LogP) is 4.24. The van der Waals surface area contributed by atoms with Crippen LogP contribution in [0.5, 0.6) is 5.75 Å². The molecule has 0 bridgehead atoms. The van der Waals surface area contributed by atoms with Crippen molar-refractivity contribution in [2.75, 3.05) is 6.61 Å². The molecular formula is C19H29N3OS. The Hall–Kier alpha value is -1.62. The van der Waals surface area contributed by atoms with Gasteiger partial charge in [0.15, 0.2) is 5.11 Å². The third-order valence-corrected chi connectivity index (χ3v) is 4.37. The van der Waals surface area contributed by atoms with Gasteiger partial charge in [-0.1, -0.05) is 33.1 Å². The Kier molecular flexibility index (Phi) is 8.02. The minimum atomic E-state index is 0.497. The maximum absolute atomic E-state index is 5.71. The molecule has 1 fully saturated rings. The van der Waals surface area contributed by atoms with Gasteiger partial charge in [-0.05, 0) is 67.2 Å². The first-order chi connectivity index (χ1) is 11.6. The van der Waals surface area contributed by atoms with Crippen LogP contribution in [0.1, 0.15) is 57.9 Å². The Bertz CT molecular complexity index is 522. The topological polar surface area (TPSA) is 45.6 Å². The van der Waals surface area contributed by atoms with Gasteiger partial charge in [0.05, 0.1) is 12.8 Å². The largest absolute Gasteiger partial charge is 0.494 e. The molecule has 0 aliphatic heterocycles. The third-order valence-electron chi connectivity index (χ3n) is 4.16. The predicted molar refractivity (Wildman–Crippen MR) is 105 cm³/mol. The van der Waals surface area contributed by atoms with E-state index in [9.17, 15) is 0 Å². The molecule has 0 spiro atoms. The first-order valence-electron chi connectivity index (χ1n) is 8.96. The maximum Gasteiger partial charge on any atom is 0.187 e. The summed E-state index contributed by atoms with van der Waals surface area (Å²) < 4.78 is 5.71. The molecule has 1 saturated carbocycles. The molecule has 2 rings (SSSR count). The summed E-state index contributed by atoms with van der Waals surface area (Å²) in [4.78, 5) is 0. The van der Waals surface area contributed by atoms with Gasteiger partial charge < -0.3 is 10.1 Å². The number of hydrogen-bond acceptors (Lipinski definition) is 3. The van der Waals surface area contributed by atoms with Crippen LogP contribution in [0.2, 0.25) is 0 Å². The van der Waals surface area contributed by atoms with Gasteiger partial charge in [0.25, 0.3) is 0 Å². The van der Waals surface area contributed by atoms with Crippen molar-refractivity contribution in [3.8, 4) is 5.75 Å². The molecule has 0 saturated heterocycles. The summed E-state index contributed by atoms with van der Waals surface area (Å²) in [6.07, 6.45) is 9.15. The number of nitrogens with one attached hydrogen (secondary N) is 2. The van der Waals surface area contributed by atoms with E-state index in [0.717, 1.165) is 24.3 Å². The molecule has 0 heterocycles. The third kappa shape index (κ3) is 7.30. The molecule has 5 heteroatoms. The standard InChI is InChI=1S/C19H29N3OS/c1-15(2)12-13-23-18-10-8-16(9-11-18)14-20-22-19(24)21-17-6-4-3-5-7-17/h8-11,14-15,17H,3-7,12-13H2,1-2H3,(H2,21,22,24). The average Bonchev–Trinajstić information content (AvgIpc) is 2.57. The SMILES string of the molecule is CC(C)CCOc1ccc(C=NNC(=S)NC2CCCCC2)cc1. The summed E-state index contributed by atoms with van der Waals surface area (Å²) in [5, 5.41) is 8.14. The highest BCUT2D eigenvalue weighted by molar-refractivity contribution is 7.80. The van der Waals surface area contributed by atoms with Crippen molar-refractivity contribution >= 4 is 23.5 Å². The number of nitrogens with zero attached hydrogens (tertiary/aromatic N) is 1. The number of hydrogen-bond donors (Lipinski definition) is 2. The highest BCUT2D eigenvalue weighted by atomic mass is 32.1. The van der Waals surface area contributed by atoms with Crippen molar-refractivity contribution < 1.29 is 4.74 Å². The molecule has 4 nitrogen and oxygen atoms in total. The van der Waals surface area contributed by atoms with Crippen molar-refractivity contribution in [2.45, 2.75) is 58.4 Å². The molecule has 1 aliphatic rings. The molecule has 0 amide bonds. The second-order valence-electron chi connectivity index (χ2n) is 6.78. The van der Waals surface area contributed by atoms with E-state index in [4.69, 9.17) is 17.0 Å². The summed E-state index contributed by atoms with van der Waals surface area (Å²) >= 11 is 5.28. The second kappa shape index (κ2) is 10.3. The normalized spacial score (nSPS) is 15.6.